The van der Waals surface area contributed by atoms with Gasteiger partial charge in [-0.05, 0) is 12.1 Å². The summed E-state index contributed by atoms with van der Waals surface area (Å²) in [4.78, 5) is 2.19. The summed E-state index contributed by atoms with van der Waals surface area (Å²) in [6, 6.07) is 10.5. The zero-order valence-corrected chi connectivity index (χ0v) is 11.7. The highest BCUT2D eigenvalue weighted by Gasteiger charge is 2.18. The molecule has 0 saturated carbocycles. The zero-order chi connectivity index (χ0) is 14.2. The Hall–Kier alpha value is -1.63. The Morgan fingerprint density at radius 2 is 1.65 bits per heavy atom. The third-order valence-corrected chi connectivity index (χ3v) is 4.51. The third kappa shape index (κ3) is 2.37. The normalized spacial score (nSPS) is 16.6. The quantitative estimate of drug-likeness (QED) is 0.821. The van der Waals surface area contributed by atoms with E-state index in [1.165, 1.54) is 6.07 Å². The van der Waals surface area contributed by atoms with Crippen LogP contribution in [-0.4, -0.2) is 39.1 Å². The molecular weight excluding hydrogens is 276 g/mol. The molecule has 0 atom stereocenters. The van der Waals surface area contributed by atoms with Crippen molar-refractivity contribution in [2.45, 2.75) is 4.90 Å². The average molecular weight is 292 g/mol. The van der Waals surface area contributed by atoms with E-state index in [1.807, 2.05) is 12.1 Å². The van der Waals surface area contributed by atoms with Gasteiger partial charge >= 0.3 is 0 Å². The molecule has 6 heteroatoms. The highest BCUT2D eigenvalue weighted by atomic mass is 32.2. The molecule has 5 nitrogen and oxygen atoms in total. The Morgan fingerprint density at radius 3 is 2.30 bits per heavy atom. The largest absolute Gasteiger partial charge is 0.368 e. The van der Waals surface area contributed by atoms with Crippen molar-refractivity contribution >= 4 is 26.6 Å². The summed E-state index contributed by atoms with van der Waals surface area (Å²) >= 11 is 0. The van der Waals surface area contributed by atoms with Crippen molar-refractivity contribution in [3.05, 3.63) is 36.4 Å². The van der Waals surface area contributed by atoms with Crippen molar-refractivity contribution in [3.8, 4) is 0 Å². The fourth-order valence-corrected chi connectivity index (χ4v) is 3.36. The first-order valence-electron chi connectivity index (χ1n) is 6.52. The Labute approximate surface area is 118 Å². The molecule has 3 rings (SSSR count). The number of rotatable bonds is 2. The number of nitrogens with zero attached hydrogens (tertiary/aromatic N) is 1. The maximum Gasteiger partial charge on any atom is 0.295 e. The van der Waals surface area contributed by atoms with E-state index >= 15 is 0 Å². The summed E-state index contributed by atoms with van der Waals surface area (Å²) in [6.07, 6.45) is 0. The van der Waals surface area contributed by atoms with Crippen LogP contribution in [-0.2, 0) is 10.1 Å². The van der Waals surface area contributed by atoms with Gasteiger partial charge in [-0.25, -0.2) is 0 Å². The van der Waals surface area contributed by atoms with Crippen molar-refractivity contribution in [1.82, 2.24) is 5.32 Å². The number of hydrogen-bond acceptors (Lipinski definition) is 4. The SMILES string of the molecule is O=S(=O)(O)c1ccc(N2CCNCC2)c2ccccc12. The van der Waals surface area contributed by atoms with Gasteiger partial charge in [0.25, 0.3) is 10.1 Å². The van der Waals surface area contributed by atoms with Gasteiger partial charge in [-0.3, -0.25) is 4.55 Å². The van der Waals surface area contributed by atoms with Crippen LogP contribution in [0.4, 0.5) is 5.69 Å². The second-order valence-electron chi connectivity index (χ2n) is 4.84. The second kappa shape index (κ2) is 5.05. The van der Waals surface area contributed by atoms with E-state index in [0.29, 0.717) is 5.39 Å². The van der Waals surface area contributed by atoms with Crippen LogP contribution in [0.25, 0.3) is 10.8 Å². The highest BCUT2D eigenvalue weighted by Crippen LogP contribution is 2.31. The molecule has 0 aliphatic carbocycles. The van der Waals surface area contributed by atoms with Gasteiger partial charge in [0.1, 0.15) is 4.90 Å². The molecule has 20 heavy (non-hydrogen) atoms. The van der Waals surface area contributed by atoms with Gasteiger partial charge in [0.2, 0.25) is 0 Å². The number of anilines is 1. The molecule has 1 fully saturated rings. The minimum Gasteiger partial charge on any atom is -0.368 e. The molecule has 1 saturated heterocycles. The van der Waals surface area contributed by atoms with Crippen LogP contribution in [0.5, 0.6) is 0 Å². The van der Waals surface area contributed by atoms with E-state index in [9.17, 15) is 13.0 Å². The van der Waals surface area contributed by atoms with Crippen LogP contribution in [0.15, 0.2) is 41.3 Å². The van der Waals surface area contributed by atoms with Crippen molar-refractivity contribution in [2.24, 2.45) is 0 Å². The van der Waals surface area contributed by atoms with Gasteiger partial charge in [-0.2, -0.15) is 8.42 Å². The lowest BCUT2D eigenvalue weighted by Gasteiger charge is -2.30. The van der Waals surface area contributed by atoms with E-state index in [-0.39, 0.29) is 4.90 Å². The van der Waals surface area contributed by atoms with E-state index in [0.717, 1.165) is 37.3 Å². The summed E-state index contributed by atoms with van der Waals surface area (Å²) in [5.74, 6) is 0. The third-order valence-electron chi connectivity index (χ3n) is 3.60. The van der Waals surface area contributed by atoms with Crippen LogP contribution in [0.1, 0.15) is 0 Å². The van der Waals surface area contributed by atoms with E-state index in [1.54, 1.807) is 18.2 Å². The Bertz CT molecular complexity index is 737. The minimum atomic E-state index is -4.21. The van der Waals surface area contributed by atoms with Crippen molar-refractivity contribution in [2.75, 3.05) is 31.1 Å². The Morgan fingerprint density at radius 1 is 1.00 bits per heavy atom. The molecule has 2 aromatic carbocycles. The van der Waals surface area contributed by atoms with Crippen LogP contribution >= 0.6 is 0 Å². The predicted octanol–water partition coefficient (Wildman–Crippen LogP) is 1.50. The van der Waals surface area contributed by atoms with E-state index in [2.05, 4.69) is 10.2 Å². The van der Waals surface area contributed by atoms with Gasteiger partial charge in [-0.15, -0.1) is 0 Å². The molecule has 1 aliphatic heterocycles. The number of hydrogen-bond donors (Lipinski definition) is 2. The maximum atomic E-state index is 11.5. The van der Waals surface area contributed by atoms with Gasteiger partial charge < -0.3 is 10.2 Å². The first-order chi connectivity index (χ1) is 9.57. The number of piperazine rings is 1. The molecule has 1 aliphatic rings. The molecule has 1 heterocycles. The van der Waals surface area contributed by atoms with E-state index < -0.39 is 10.1 Å². The second-order valence-corrected chi connectivity index (χ2v) is 6.23. The lowest BCUT2D eigenvalue weighted by Crippen LogP contribution is -2.43. The average Bonchev–Trinajstić information content (AvgIpc) is 2.46. The van der Waals surface area contributed by atoms with Crippen LogP contribution in [0, 0.1) is 0 Å². The number of benzene rings is 2. The zero-order valence-electron chi connectivity index (χ0n) is 10.9. The van der Waals surface area contributed by atoms with Crippen LogP contribution in [0.3, 0.4) is 0 Å². The van der Waals surface area contributed by atoms with Crippen molar-refractivity contribution in [1.29, 1.82) is 0 Å². The molecular formula is C14H16N2O3S. The highest BCUT2D eigenvalue weighted by molar-refractivity contribution is 7.86. The molecule has 2 N–H and O–H groups in total. The summed E-state index contributed by atoms with van der Waals surface area (Å²) in [5.41, 5.74) is 1.01. The molecule has 0 bridgehead atoms. The van der Waals surface area contributed by atoms with Crippen LogP contribution in [0.2, 0.25) is 0 Å². The molecule has 0 amide bonds. The first kappa shape index (κ1) is 13.4. The van der Waals surface area contributed by atoms with Gasteiger partial charge in [-0.1, -0.05) is 24.3 Å². The molecule has 0 aromatic heterocycles. The van der Waals surface area contributed by atoms with Crippen molar-refractivity contribution in [3.63, 3.8) is 0 Å². The smallest absolute Gasteiger partial charge is 0.295 e. The fraction of sp³-hybridized carbons (Fsp3) is 0.286. The lowest BCUT2D eigenvalue weighted by atomic mass is 10.1. The maximum absolute atomic E-state index is 11.5. The summed E-state index contributed by atoms with van der Waals surface area (Å²) in [6.45, 7) is 3.59. The summed E-state index contributed by atoms with van der Waals surface area (Å²) in [7, 11) is -4.21. The molecule has 0 spiro atoms. The topological polar surface area (TPSA) is 69.6 Å². The van der Waals surface area contributed by atoms with Crippen LogP contribution < -0.4 is 10.2 Å². The van der Waals surface area contributed by atoms with Gasteiger partial charge in [0, 0.05) is 42.6 Å². The minimum absolute atomic E-state index is 0.0352. The number of nitrogens with one attached hydrogen (secondary N) is 1. The molecule has 0 radical (unpaired) electrons. The number of fused-ring (bicyclic) bond motifs is 1. The Kier molecular flexibility index (Phi) is 3.37. The molecule has 2 aromatic rings. The van der Waals surface area contributed by atoms with E-state index in [4.69, 9.17) is 0 Å². The Balaban J connectivity index is 2.21. The molecule has 0 unspecified atom stereocenters. The monoisotopic (exact) mass is 292 g/mol. The van der Waals surface area contributed by atoms with Gasteiger partial charge in [0.15, 0.2) is 0 Å². The summed E-state index contributed by atoms with van der Waals surface area (Å²) < 4.78 is 32.3. The lowest BCUT2D eigenvalue weighted by molar-refractivity contribution is 0.484. The van der Waals surface area contributed by atoms with Crippen molar-refractivity contribution < 1.29 is 13.0 Å². The predicted molar refractivity (Wildman–Crippen MR) is 78.8 cm³/mol. The first-order valence-corrected chi connectivity index (χ1v) is 7.96. The molecule has 106 valence electrons. The standard InChI is InChI=1S/C14H16N2O3S/c17-20(18,19)14-6-5-13(16-9-7-15-8-10-16)11-3-1-2-4-12(11)14/h1-6,15H,7-10H2,(H,17,18,19). The van der Waals surface area contributed by atoms with Gasteiger partial charge in [0.05, 0.1) is 0 Å². The fourth-order valence-electron chi connectivity index (χ4n) is 2.66. The summed E-state index contributed by atoms with van der Waals surface area (Å²) in [5, 5.41) is 4.70.